The second-order valence-electron chi connectivity index (χ2n) is 5.99. The molecule has 0 saturated heterocycles. The van der Waals surface area contributed by atoms with Gasteiger partial charge in [0.25, 0.3) is 0 Å². The predicted molar refractivity (Wildman–Crippen MR) is 82.7 cm³/mol. The number of amides is 1. The number of nitrogens with zero attached hydrogens (tertiary/aromatic N) is 1. The maximum atomic E-state index is 12.3. The van der Waals surface area contributed by atoms with Crippen molar-refractivity contribution in [3.05, 3.63) is 0 Å². The molecule has 1 N–H and O–H groups in total. The zero-order chi connectivity index (χ0) is 15.3. The van der Waals surface area contributed by atoms with Crippen LogP contribution >= 0.6 is 0 Å². The summed E-state index contributed by atoms with van der Waals surface area (Å²) in [5.74, 6) is 0.202. The van der Waals surface area contributed by atoms with Gasteiger partial charge in [0.1, 0.15) is 0 Å². The van der Waals surface area contributed by atoms with Crippen molar-refractivity contribution in [2.45, 2.75) is 72.6 Å². The molecule has 1 rings (SSSR count). The number of nitrogens with one attached hydrogen (secondary N) is 1. The van der Waals surface area contributed by atoms with Crippen molar-refractivity contribution in [2.24, 2.45) is 5.41 Å². The summed E-state index contributed by atoms with van der Waals surface area (Å²) in [5, 5.41) is 3.52. The number of hydrogen-bond acceptors (Lipinski definition) is 3. The molecule has 4 nitrogen and oxygen atoms in total. The largest absolute Gasteiger partial charge is 0.378 e. The minimum absolute atomic E-state index is 0.117. The number of hydrogen-bond donors (Lipinski definition) is 1. The number of rotatable bonds is 8. The van der Waals surface area contributed by atoms with Crippen LogP contribution in [0.3, 0.4) is 0 Å². The third-order valence-corrected chi connectivity index (χ3v) is 5.01. The molecule has 1 aliphatic carbocycles. The van der Waals surface area contributed by atoms with Crippen LogP contribution in [0, 0.1) is 5.41 Å². The lowest BCUT2D eigenvalue weighted by Gasteiger charge is -2.54. The zero-order valence-corrected chi connectivity index (χ0v) is 14.0. The van der Waals surface area contributed by atoms with E-state index in [-0.39, 0.29) is 17.4 Å². The highest BCUT2D eigenvalue weighted by atomic mass is 16.5. The average Bonchev–Trinajstić information content (AvgIpc) is 2.46. The summed E-state index contributed by atoms with van der Waals surface area (Å²) in [6.45, 7) is 14.9. The van der Waals surface area contributed by atoms with E-state index in [1.165, 1.54) is 0 Å². The van der Waals surface area contributed by atoms with E-state index < -0.39 is 0 Å². The Labute approximate surface area is 124 Å². The van der Waals surface area contributed by atoms with Crippen LogP contribution in [0.15, 0.2) is 0 Å². The van der Waals surface area contributed by atoms with Gasteiger partial charge in [-0.1, -0.05) is 13.8 Å². The fourth-order valence-electron chi connectivity index (χ4n) is 3.19. The molecule has 4 unspecified atom stereocenters. The molecule has 1 fully saturated rings. The van der Waals surface area contributed by atoms with Crippen LogP contribution in [0.1, 0.15) is 54.4 Å². The molecule has 0 aromatic carbocycles. The van der Waals surface area contributed by atoms with Crippen molar-refractivity contribution in [3.63, 3.8) is 0 Å². The SMILES string of the molecule is CCOC1CC(NC(C)C(=O)N(CC)CC)C1(C)CC. The Hall–Kier alpha value is -0.610. The molecule has 20 heavy (non-hydrogen) atoms. The summed E-state index contributed by atoms with van der Waals surface area (Å²) in [7, 11) is 0. The zero-order valence-electron chi connectivity index (χ0n) is 14.0. The third-order valence-electron chi connectivity index (χ3n) is 5.01. The van der Waals surface area contributed by atoms with Crippen molar-refractivity contribution in [1.29, 1.82) is 0 Å². The Balaban J connectivity index is 2.59. The van der Waals surface area contributed by atoms with Crippen molar-refractivity contribution in [3.8, 4) is 0 Å². The van der Waals surface area contributed by atoms with E-state index >= 15 is 0 Å². The van der Waals surface area contributed by atoms with E-state index in [0.717, 1.165) is 32.5 Å². The van der Waals surface area contributed by atoms with Gasteiger partial charge in [-0.2, -0.15) is 0 Å². The van der Waals surface area contributed by atoms with Gasteiger partial charge in [-0.25, -0.2) is 0 Å². The monoisotopic (exact) mass is 284 g/mol. The van der Waals surface area contributed by atoms with Crippen LogP contribution in [-0.4, -0.2) is 48.7 Å². The van der Waals surface area contributed by atoms with Gasteiger partial charge in [-0.3, -0.25) is 4.79 Å². The first-order chi connectivity index (χ1) is 9.44. The smallest absolute Gasteiger partial charge is 0.239 e. The third kappa shape index (κ3) is 3.34. The highest BCUT2D eigenvalue weighted by Crippen LogP contribution is 2.46. The van der Waals surface area contributed by atoms with Crippen molar-refractivity contribution >= 4 is 5.91 Å². The second-order valence-corrected chi connectivity index (χ2v) is 5.99. The molecule has 1 saturated carbocycles. The van der Waals surface area contributed by atoms with Crippen molar-refractivity contribution in [2.75, 3.05) is 19.7 Å². The Kier molecular flexibility index (Phi) is 6.46. The Bertz CT molecular complexity index is 318. The second kappa shape index (κ2) is 7.41. The Morgan fingerprint density at radius 3 is 2.40 bits per heavy atom. The molecule has 0 aromatic rings. The van der Waals surface area contributed by atoms with E-state index in [2.05, 4.69) is 19.2 Å². The molecule has 0 aromatic heterocycles. The topological polar surface area (TPSA) is 41.6 Å². The summed E-state index contributed by atoms with van der Waals surface area (Å²) in [6, 6.07) is 0.256. The van der Waals surface area contributed by atoms with E-state index in [4.69, 9.17) is 4.74 Å². The van der Waals surface area contributed by atoms with Crippen LogP contribution < -0.4 is 5.32 Å². The van der Waals surface area contributed by atoms with Crippen LogP contribution in [0.4, 0.5) is 0 Å². The van der Waals surface area contributed by atoms with E-state index in [1.807, 2.05) is 32.6 Å². The average molecular weight is 284 g/mol. The molecule has 0 aliphatic heterocycles. The summed E-state index contributed by atoms with van der Waals surface area (Å²) in [5.41, 5.74) is 0.147. The van der Waals surface area contributed by atoms with Gasteiger partial charge >= 0.3 is 0 Å². The van der Waals surface area contributed by atoms with Gasteiger partial charge in [0, 0.05) is 31.2 Å². The molecule has 118 valence electrons. The molecular formula is C16H32N2O2. The van der Waals surface area contributed by atoms with Gasteiger partial charge in [0.15, 0.2) is 0 Å². The minimum Gasteiger partial charge on any atom is -0.378 e. The lowest BCUT2D eigenvalue weighted by molar-refractivity contribution is -0.141. The Morgan fingerprint density at radius 1 is 1.35 bits per heavy atom. The number of carbonyl (C=O) groups excluding carboxylic acids is 1. The maximum Gasteiger partial charge on any atom is 0.239 e. The quantitative estimate of drug-likeness (QED) is 0.744. The lowest BCUT2D eigenvalue weighted by atomic mass is 9.61. The van der Waals surface area contributed by atoms with Gasteiger partial charge < -0.3 is 15.0 Å². The van der Waals surface area contributed by atoms with Crippen LogP contribution in [0.2, 0.25) is 0 Å². The van der Waals surface area contributed by atoms with Crippen LogP contribution in [0.5, 0.6) is 0 Å². The molecule has 4 atom stereocenters. The fourth-order valence-corrected chi connectivity index (χ4v) is 3.19. The lowest BCUT2D eigenvalue weighted by Crippen LogP contribution is -2.65. The predicted octanol–water partition coefficient (Wildman–Crippen LogP) is 2.43. The maximum absolute atomic E-state index is 12.3. The van der Waals surface area contributed by atoms with Crippen LogP contribution in [-0.2, 0) is 9.53 Å². The standard InChI is InChI=1S/C16H32N2O2/c1-7-16(6)13(11-14(16)20-10-4)17-12(5)15(19)18(8-2)9-3/h12-14,17H,7-11H2,1-6H3. The highest BCUT2D eigenvalue weighted by Gasteiger charge is 2.51. The Morgan fingerprint density at radius 2 is 1.95 bits per heavy atom. The van der Waals surface area contributed by atoms with Gasteiger partial charge in [0.2, 0.25) is 5.91 Å². The summed E-state index contributed by atoms with van der Waals surface area (Å²) >= 11 is 0. The van der Waals surface area contributed by atoms with E-state index in [0.29, 0.717) is 12.1 Å². The highest BCUT2D eigenvalue weighted by molar-refractivity contribution is 5.81. The molecule has 0 spiro atoms. The van der Waals surface area contributed by atoms with Crippen LogP contribution in [0.25, 0.3) is 0 Å². The number of likely N-dealkylation sites (N-methyl/N-ethyl adjacent to an activating group) is 1. The first kappa shape index (κ1) is 17.4. The summed E-state index contributed by atoms with van der Waals surface area (Å²) in [6.07, 6.45) is 2.40. The first-order valence-corrected chi connectivity index (χ1v) is 8.10. The van der Waals surface area contributed by atoms with Gasteiger partial charge in [-0.05, 0) is 40.5 Å². The molecule has 4 heteroatoms. The van der Waals surface area contributed by atoms with Crippen molar-refractivity contribution in [1.82, 2.24) is 10.2 Å². The molecule has 1 aliphatic rings. The normalized spacial score (nSPS) is 30.7. The van der Waals surface area contributed by atoms with Gasteiger partial charge in [-0.15, -0.1) is 0 Å². The van der Waals surface area contributed by atoms with Gasteiger partial charge in [0.05, 0.1) is 12.1 Å². The van der Waals surface area contributed by atoms with E-state index in [9.17, 15) is 4.79 Å². The molecule has 1 amide bonds. The molecule has 0 heterocycles. The minimum atomic E-state index is -0.117. The first-order valence-electron chi connectivity index (χ1n) is 8.10. The summed E-state index contributed by atoms with van der Waals surface area (Å²) in [4.78, 5) is 14.2. The molecule has 0 bridgehead atoms. The van der Waals surface area contributed by atoms with Crippen molar-refractivity contribution < 1.29 is 9.53 Å². The molecular weight excluding hydrogens is 252 g/mol. The fraction of sp³-hybridized carbons (Fsp3) is 0.938. The number of carbonyl (C=O) groups is 1. The van der Waals surface area contributed by atoms with E-state index in [1.54, 1.807) is 0 Å². The number of ether oxygens (including phenoxy) is 1. The summed E-state index contributed by atoms with van der Waals surface area (Å²) < 4.78 is 5.81. The molecule has 0 radical (unpaired) electrons.